The maximum atomic E-state index is 13.2. The van der Waals surface area contributed by atoms with Crippen LogP contribution in [0.2, 0.25) is 5.02 Å². The van der Waals surface area contributed by atoms with Crippen LogP contribution in [-0.2, 0) is 16.2 Å². The van der Waals surface area contributed by atoms with Crippen molar-refractivity contribution in [2.75, 3.05) is 4.90 Å². The molecule has 1 fully saturated rings. The Bertz CT molecular complexity index is 1390. The largest absolute Gasteiger partial charge is 0.487 e. The molecule has 176 valence electrons. The molecular weight excluding hydrogens is 479 g/mol. The SMILES string of the molecule is O=C1NC(=O)N(c2ccc(F)cc2)C(=O)C1=Cc1ccc(OCc2cccc(C(=O)O)c2)c(Cl)c1. The maximum Gasteiger partial charge on any atom is 0.335 e. The lowest BCUT2D eigenvalue weighted by Gasteiger charge is -2.26. The standard InChI is InChI=1S/C25H16ClFN2O6/c26-20-12-14(4-9-21(20)35-13-15-2-1-3-16(10-15)24(32)33)11-19-22(30)28-25(34)29(23(19)31)18-7-5-17(27)6-8-18/h1-12H,13H2,(H,32,33)(H,28,30,34). The van der Waals surface area contributed by atoms with E-state index in [4.69, 9.17) is 21.4 Å². The van der Waals surface area contributed by atoms with Gasteiger partial charge in [0.1, 0.15) is 23.7 Å². The van der Waals surface area contributed by atoms with Gasteiger partial charge in [-0.15, -0.1) is 0 Å². The zero-order chi connectivity index (χ0) is 25.1. The lowest BCUT2D eigenvalue weighted by Crippen LogP contribution is -2.54. The van der Waals surface area contributed by atoms with Crippen molar-refractivity contribution in [2.45, 2.75) is 6.61 Å². The van der Waals surface area contributed by atoms with Gasteiger partial charge < -0.3 is 9.84 Å². The van der Waals surface area contributed by atoms with E-state index in [2.05, 4.69) is 5.32 Å². The molecule has 0 radical (unpaired) electrons. The fourth-order valence-electron chi connectivity index (χ4n) is 3.33. The Labute approximate surface area is 203 Å². The van der Waals surface area contributed by atoms with Gasteiger partial charge in [0.25, 0.3) is 11.8 Å². The minimum atomic E-state index is -1.05. The summed E-state index contributed by atoms with van der Waals surface area (Å²) in [4.78, 5) is 49.3. The fourth-order valence-corrected chi connectivity index (χ4v) is 3.57. The van der Waals surface area contributed by atoms with E-state index in [1.165, 1.54) is 42.5 Å². The van der Waals surface area contributed by atoms with Gasteiger partial charge >= 0.3 is 12.0 Å². The molecule has 4 amide bonds. The summed E-state index contributed by atoms with van der Waals surface area (Å²) in [6.45, 7) is 0.0664. The van der Waals surface area contributed by atoms with Crippen LogP contribution in [-0.4, -0.2) is 28.9 Å². The number of barbiturate groups is 1. The molecule has 4 rings (SSSR count). The minimum absolute atomic E-state index is 0.0664. The third-order valence-electron chi connectivity index (χ3n) is 5.02. The van der Waals surface area contributed by atoms with Crippen LogP contribution in [0.25, 0.3) is 6.08 Å². The first-order valence-corrected chi connectivity index (χ1v) is 10.5. The van der Waals surface area contributed by atoms with E-state index in [9.17, 15) is 23.6 Å². The second-order valence-corrected chi connectivity index (χ2v) is 7.83. The lowest BCUT2D eigenvalue weighted by molar-refractivity contribution is -0.122. The molecule has 35 heavy (non-hydrogen) atoms. The fraction of sp³-hybridized carbons (Fsp3) is 0.0400. The molecule has 0 bridgehead atoms. The summed E-state index contributed by atoms with van der Waals surface area (Å²) < 4.78 is 18.9. The van der Waals surface area contributed by atoms with Crippen molar-refractivity contribution in [1.29, 1.82) is 0 Å². The molecule has 1 heterocycles. The number of carbonyl (C=O) groups excluding carboxylic acids is 3. The topological polar surface area (TPSA) is 113 Å². The van der Waals surface area contributed by atoms with Crippen molar-refractivity contribution >= 4 is 47.2 Å². The molecule has 1 saturated heterocycles. The number of hydrogen-bond acceptors (Lipinski definition) is 5. The first-order chi connectivity index (χ1) is 16.7. The summed E-state index contributed by atoms with van der Waals surface area (Å²) in [7, 11) is 0. The predicted octanol–water partition coefficient (Wildman–Crippen LogP) is 4.42. The first-order valence-electron chi connectivity index (χ1n) is 10.1. The van der Waals surface area contributed by atoms with Gasteiger partial charge in [-0.1, -0.05) is 29.8 Å². The summed E-state index contributed by atoms with van der Waals surface area (Å²) in [5.74, 6) is -3.05. The number of nitrogens with one attached hydrogen (secondary N) is 1. The van der Waals surface area contributed by atoms with E-state index in [1.807, 2.05) is 0 Å². The van der Waals surface area contributed by atoms with Crippen LogP contribution in [0.15, 0.2) is 72.3 Å². The second-order valence-electron chi connectivity index (χ2n) is 7.42. The van der Waals surface area contributed by atoms with Crippen LogP contribution >= 0.6 is 11.6 Å². The molecule has 3 aromatic carbocycles. The molecule has 10 heteroatoms. The average molecular weight is 495 g/mol. The van der Waals surface area contributed by atoms with E-state index in [1.54, 1.807) is 18.2 Å². The van der Waals surface area contributed by atoms with Gasteiger partial charge in [-0.2, -0.15) is 0 Å². The van der Waals surface area contributed by atoms with Crippen molar-refractivity contribution < 1.29 is 33.4 Å². The number of benzene rings is 3. The number of carboxylic acids is 1. The highest BCUT2D eigenvalue weighted by Gasteiger charge is 2.36. The summed E-state index contributed by atoms with van der Waals surface area (Å²) in [5.41, 5.74) is 0.928. The van der Waals surface area contributed by atoms with Gasteiger partial charge in [0.05, 0.1) is 16.3 Å². The number of hydrogen-bond donors (Lipinski definition) is 2. The number of halogens is 2. The van der Waals surface area contributed by atoms with Gasteiger partial charge in [-0.05, 0) is 65.7 Å². The van der Waals surface area contributed by atoms with Crippen LogP contribution in [0.1, 0.15) is 21.5 Å². The molecule has 0 spiro atoms. The molecule has 0 aliphatic carbocycles. The smallest absolute Gasteiger partial charge is 0.335 e. The van der Waals surface area contributed by atoms with Crippen molar-refractivity contribution in [1.82, 2.24) is 5.32 Å². The minimum Gasteiger partial charge on any atom is -0.487 e. The monoisotopic (exact) mass is 494 g/mol. The van der Waals surface area contributed by atoms with Crippen molar-refractivity contribution in [3.05, 3.63) is 99.8 Å². The zero-order valence-corrected chi connectivity index (χ0v) is 18.6. The Morgan fingerprint density at radius 3 is 2.49 bits per heavy atom. The number of aromatic carboxylic acids is 1. The quantitative estimate of drug-likeness (QED) is 0.387. The summed E-state index contributed by atoms with van der Waals surface area (Å²) in [6, 6.07) is 14.5. The molecule has 1 aliphatic heterocycles. The van der Waals surface area contributed by atoms with Gasteiger partial charge in [0.2, 0.25) is 0 Å². The Morgan fingerprint density at radius 1 is 1.06 bits per heavy atom. The second kappa shape index (κ2) is 9.78. The van der Waals surface area contributed by atoms with Gasteiger partial charge in [-0.25, -0.2) is 18.9 Å². The van der Waals surface area contributed by atoms with Gasteiger partial charge in [0.15, 0.2) is 0 Å². The van der Waals surface area contributed by atoms with Crippen molar-refractivity contribution in [3.8, 4) is 5.75 Å². The Balaban J connectivity index is 1.54. The first kappa shape index (κ1) is 23.7. The number of carboxylic acid groups (broad SMARTS) is 1. The Morgan fingerprint density at radius 2 is 1.80 bits per heavy atom. The van der Waals surface area contributed by atoms with Crippen LogP contribution in [0.4, 0.5) is 14.9 Å². The van der Waals surface area contributed by atoms with Crippen LogP contribution in [0.3, 0.4) is 0 Å². The third kappa shape index (κ3) is 5.20. The molecule has 8 nitrogen and oxygen atoms in total. The van der Waals surface area contributed by atoms with E-state index >= 15 is 0 Å². The van der Waals surface area contributed by atoms with Gasteiger partial charge in [-0.3, -0.25) is 14.9 Å². The number of nitrogens with zero attached hydrogens (tertiary/aromatic N) is 1. The van der Waals surface area contributed by atoms with E-state index in [0.29, 0.717) is 16.9 Å². The number of carbonyl (C=O) groups is 4. The predicted molar refractivity (Wildman–Crippen MR) is 125 cm³/mol. The molecule has 0 saturated carbocycles. The Hall–Kier alpha value is -4.50. The number of amides is 4. The van der Waals surface area contributed by atoms with Crippen LogP contribution in [0, 0.1) is 5.82 Å². The lowest BCUT2D eigenvalue weighted by atomic mass is 10.1. The molecule has 0 aromatic heterocycles. The normalized spacial score (nSPS) is 14.7. The summed E-state index contributed by atoms with van der Waals surface area (Å²) in [6.07, 6.45) is 1.27. The molecule has 1 aliphatic rings. The summed E-state index contributed by atoms with van der Waals surface area (Å²) >= 11 is 6.30. The molecule has 3 aromatic rings. The highest BCUT2D eigenvalue weighted by atomic mass is 35.5. The maximum absolute atomic E-state index is 13.2. The third-order valence-corrected chi connectivity index (χ3v) is 5.32. The molecule has 0 unspecified atom stereocenters. The molecule has 2 N–H and O–H groups in total. The van der Waals surface area contributed by atoms with Gasteiger partial charge in [0, 0.05) is 0 Å². The zero-order valence-electron chi connectivity index (χ0n) is 17.8. The molecule has 0 atom stereocenters. The van der Waals surface area contributed by atoms with Crippen LogP contribution in [0.5, 0.6) is 5.75 Å². The van der Waals surface area contributed by atoms with E-state index < -0.39 is 29.6 Å². The summed E-state index contributed by atoms with van der Waals surface area (Å²) in [5, 5.41) is 11.4. The Kier molecular flexibility index (Phi) is 6.61. The number of imide groups is 2. The van der Waals surface area contributed by atoms with Crippen LogP contribution < -0.4 is 15.0 Å². The number of anilines is 1. The number of urea groups is 1. The van der Waals surface area contributed by atoms with Crippen molar-refractivity contribution in [2.24, 2.45) is 0 Å². The molecular formula is C25H16ClFN2O6. The highest BCUT2D eigenvalue weighted by molar-refractivity contribution is 6.39. The number of ether oxygens (including phenoxy) is 1. The number of rotatable bonds is 6. The van der Waals surface area contributed by atoms with E-state index in [0.717, 1.165) is 17.0 Å². The highest BCUT2D eigenvalue weighted by Crippen LogP contribution is 2.28. The average Bonchev–Trinajstić information content (AvgIpc) is 2.82. The van der Waals surface area contributed by atoms with E-state index in [-0.39, 0.29) is 28.5 Å². The van der Waals surface area contributed by atoms with Crippen molar-refractivity contribution in [3.63, 3.8) is 0 Å².